The number of nitrogens with zero attached hydrogens (tertiary/aromatic N) is 2. The van der Waals surface area contributed by atoms with Gasteiger partial charge in [-0.1, -0.05) is 13.8 Å². The Morgan fingerprint density at radius 1 is 1.35 bits per heavy atom. The maximum absolute atomic E-state index is 14.3. The number of piperazine rings is 1. The van der Waals surface area contributed by atoms with Crippen LogP contribution in [-0.2, 0) is 4.74 Å². The SMILES string of the molecule is CC.NCC1CN(c2ccc(N3CCNCC3)c(F)c2)C(=O)O1. The fraction of sp³-hybridized carbons (Fsp3) is 0.562. The monoisotopic (exact) mass is 324 g/mol. The highest BCUT2D eigenvalue weighted by atomic mass is 19.1. The van der Waals surface area contributed by atoms with Gasteiger partial charge in [-0.3, -0.25) is 4.90 Å². The lowest BCUT2D eigenvalue weighted by atomic mass is 10.2. The maximum atomic E-state index is 14.3. The number of carbonyl (C=O) groups excluding carboxylic acids is 1. The minimum Gasteiger partial charge on any atom is -0.443 e. The number of halogens is 1. The van der Waals surface area contributed by atoms with Gasteiger partial charge in [0.25, 0.3) is 0 Å². The average Bonchev–Trinajstić information content (AvgIpc) is 2.98. The number of hydrogen-bond acceptors (Lipinski definition) is 5. The van der Waals surface area contributed by atoms with E-state index < -0.39 is 6.09 Å². The molecule has 2 aliphatic rings. The fourth-order valence-corrected chi connectivity index (χ4v) is 2.68. The molecule has 1 amide bonds. The second kappa shape index (κ2) is 8.12. The molecule has 0 radical (unpaired) electrons. The van der Waals surface area contributed by atoms with Gasteiger partial charge >= 0.3 is 6.09 Å². The zero-order chi connectivity index (χ0) is 16.8. The Morgan fingerprint density at radius 3 is 2.61 bits per heavy atom. The molecule has 2 aliphatic heterocycles. The summed E-state index contributed by atoms with van der Waals surface area (Å²) in [5, 5.41) is 3.23. The molecule has 6 nitrogen and oxygen atoms in total. The van der Waals surface area contributed by atoms with E-state index in [0.29, 0.717) is 17.9 Å². The second-order valence-electron chi connectivity index (χ2n) is 5.22. The van der Waals surface area contributed by atoms with Gasteiger partial charge in [-0.25, -0.2) is 9.18 Å². The van der Waals surface area contributed by atoms with Crippen molar-refractivity contribution in [1.29, 1.82) is 0 Å². The van der Waals surface area contributed by atoms with Gasteiger partial charge in [0.2, 0.25) is 0 Å². The van der Waals surface area contributed by atoms with Crippen molar-refractivity contribution in [3.63, 3.8) is 0 Å². The molecule has 0 bridgehead atoms. The van der Waals surface area contributed by atoms with Gasteiger partial charge in [0.15, 0.2) is 0 Å². The predicted octanol–water partition coefficient (Wildman–Crippen LogP) is 1.55. The first kappa shape index (κ1) is 17.5. The third kappa shape index (κ3) is 3.92. The van der Waals surface area contributed by atoms with E-state index >= 15 is 0 Å². The van der Waals surface area contributed by atoms with Gasteiger partial charge in [0.05, 0.1) is 17.9 Å². The molecule has 1 aromatic rings. The summed E-state index contributed by atoms with van der Waals surface area (Å²) in [6.07, 6.45) is -0.798. The standard InChI is InChI=1S/C14H19FN4O2.C2H6/c15-12-7-10(19-9-11(8-16)21-14(19)20)1-2-13(12)18-5-3-17-4-6-18;1-2/h1-2,7,11,17H,3-6,8-9,16H2;1-2H3. The Kier molecular flexibility index (Phi) is 6.18. The molecule has 23 heavy (non-hydrogen) atoms. The highest BCUT2D eigenvalue weighted by Gasteiger charge is 2.31. The molecule has 1 aromatic carbocycles. The van der Waals surface area contributed by atoms with Crippen LogP contribution in [0.1, 0.15) is 13.8 Å². The summed E-state index contributed by atoms with van der Waals surface area (Å²) in [4.78, 5) is 15.2. The van der Waals surface area contributed by atoms with E-state index in [-0.39, 0.29) is 18.5 Å². The summed E-state index contributed by atoms with van der Waals surface area (Å²) in [5.74, 6) is -0.321. The minimum atomic E-state index is -0.472. The van der Waals surface area contributed by atoms with Crippen molar-refractivity contribution in [3.05, 3.63) is 24.0 Å². The first-order valence-corrected chi connectivity index (χ1v) is 8.12. The van der Waals surface area contributed by atoms with Crippen LogP contribution in [0, 0.1) is 5.82 Å². The number of cyclic esters (lactones) is 1. The number of amides is 1. The van der Waals surface area contributed by atoms with Gasteiger partial charge in [0.1, 0.15) is 11.9 Å². The highest BCUT2D eigenvalue weighted by Crippen LogP contribution is 2.27. The van der Waals surface area contributed by atoms with Gasteiger partial charge in [-0.15, -0.1) is 0 Å². The number of nitrogens with one attached hydrogen (secondary N) is 1. The number of hydrogen-bond donors (Lipinski definition) is 2. The molecule has 0 aliphatic carbocycles. The zero-order valence-electron chi connectivity index (χ0n) is 13.7. The van der Waals surface area contributed by atoms with Crippen molar-refractivity contribution >= 4 is 17.5 Å². The molecule has 2 fully saturated rings. The summed E-state index contributed by atoms with van der Waals surface area (Å²) in [7, 11) is 0. The molecule has 0 aromatic heterocycles. The predicted molar refractivity (Wildman–Crippen MR) is 89.5 cm³/mol. The van der Waals surface area contributed by atoms with Crippen LogP contribution >= 0.6 is 0 Å². The molecule has 2 heterocycles. The van der Waals surface area contributed by atoms with Gasteiger partial charge < -0.3 is 20.7 Å². The molecule has 3 rings (SSSR count). The summed E-state index contributed by atoms with van der Waals surface area (Å²) >= 11 is 0. The summed E-state index contributed by atoms with van der Waals surface area (Å²) in [6.45, 7) is 7.87. The average molecular weight is 324 g/mol. The van der Waals surface area contributed by atoms with Crippen LogP contribution < -0.4 is 20.9 Å². The molecule has 1 atom stereocenters. The van der Waals surface area contributed by atoms with Crippen LogP contribution in [-0.4, -0.2) is 51.5 Å². The zero-order valence-corrected chi connectivity index (χ0v) is 13.7. The van der Waals surface area contributed by atoms with Crippen LogP contribution in [0.5, 0.6) is 0 Å². The van der Waals surface area contributed by atoms with Gasteiger partial charge in [0, 0.05) is 32.7 Å². The molecule has 0 saturated carbocycles. The van der Waals surface area contributed by atoms with E-state index in [4.69, 9.17) is 10.5 Å². The van der Waals surface area contributed by atoms with Gasteiger partial charge in [-0.2, -0.15) is 0 Å². The van der Waals surface area contributed by atoms with E-state index in [2.05, 4.69) is 5.32 Å². The Morgan fingerprint density at radius 2 is 2.04 bits per heavy atom. The lowest BCUT2D eigenvalue weighted by Crippen LogP contribution is -2.43. The summed E-state index contributed by atoms with van der Waals surface area (Å²) in [6, 6.07) is 4.86. The largest absolute Gasteiger partial charge is 0.443 e. The topological polar surface area (TPSA) is 70.8 Å². The number of anilines is 2. The van der Waals surface area contributed by atoms with Crippen LogP contribution in [0.25, 0.3) is 0 Å². The summed E-state index contributed by atoms with van der Waals surface area (Å²) < 4.78 is 19.4. The Balaban J connectivity index is 0.000000924. The molecule has 0 spiro atoms. The van der Waals surface area contributed by atoms with Crippen molar-refractivity contribution in [2.75, 3.05) is 49.1 Å². The summed E-state index contributed by atoms with van der Waals surface area (Å²) in [5.41, 5.74) is 6.58. The first-order chi connectivity index (χ1) is 11.2. The van der Waals surface area contributed by atoms with Crippen LogP contribution in [0.3, 0.4) is 0 Å². The lowest BCUT2D eigenvalue weighted by Gasteiger charge is -2.30. The fourth-order valence-electron chi connectivity index (χ4n) is 2.68. The Hall–Kier alpha value is -1.86. The van der Waals surface area contributed by atoms with E-state index in [1.165, 1.54) is 11.0 Å². The van der Waals surface area contributed by atoms with Crippen molar-refractivity contribution in [1.82, 2.24) is 5.32 Å². The molecule has 3 N–H and O–H groups in total. The molecule has 2 saturated heterocycles. The van der Waals surface area contributed by atoms with Crippen LogP contribution in [0.4, 0.5) is 20.6 Å². The van der Waals surface area contributed by atoms with Crippen molar-refractivity contribution in [3.8, 4) is 0 Å². The first-order valence-electron chi connectivity index (χ1n) is 8.12. The van der Waals surface area contributed by atoms with Crippen molar-refractivity contribution in [2.45, 2.75) is 20.0 Å². The number of carbonyl (C=O) groups is 1. The molecular formula is C16H25FN4O2. The van der Waals surface area contributed by atoms with Crippen molar-refractivity contribution in [2.24, 2.45) is 5.73 Å². The second-order valence-corrected chi connectivity index (χ2v) is 5.22. The third-order valence-electron chi connectivity index (χ3n) is 3.84. The third-order valence-corrected chi connectivity index (χ3v) is 3.84. The molecule has 128 valence electrons. The number of ether oxygens (including phenoxy) is 1. The molecule has 7 heteroatoms. The number of rotatable bonds is 3. The Bertz CT molecular complexity index is 535. The van der Waals surface area contributed by atoms with E-state index in [1.54, 1.807) is 12.1 Å². The molecular weight excluding hydrogens is 299 g/mol. The van der Waals surface area contributed by atoms with Crippen LogP contribution in [0.2, 0.25) is 0 Å². The van der Waals surface area contributed by atoms with Crippen LogP contribution in [0.15, 0.2) is 18.2 Å². The minimum absolute atomic E-state index is 0.267. The normalized spacial score (nSPS) is 20.9. The lowest BCUT2D eigenvalue weighted by molar-refractivity contribution is 0.145. The maximum Gasteiger partial charge on any atom is 0.414 e. The van der Waals surface area contributed by atoms with E-state index in [9.17, 15) is 9.18 Å². The highest BCUT2D eigenvalue weighted by molar-refractivity contribution is 5.90. The van der Waals surface area contributed by atoms with E-state index in [1.807, 2.05) is 18.7 Å². The quantitative estimate of drug-likeness (QED) is 0.883. The smallest absolute Gasteiger partial charge is 0.414 e. The Labute approximate surface area is 136 Å². The van der Waals surface area contributed by atoms with E-state index in [0.717, 1.165) is 26.2 Å². The number of benzene rings is 1. The van der Waals surface area contributed by atoms with Gasteiger partial charge in [-0.05, 0) is 18.2 Å². The van der Waals surface area contributed by atoms with Crippen molar-refractivity contribution < 1.29 is 13.9 Å². The number of nitrogens with two attached hydrogens (primary N) is 1. The molecule has 1 unspecified atom stereocenters.